The number of H-pyrrole nitrogens is 1. The fraction of sp³-hybridized carbons (Fsp3) is 0.222. The average molecular weight is 371 g/mol. The molecule has 9 heteroatoms. The molecule has 27 heavy (non-hydrogen) atoms. The van der Waals surface area contributed by atoms with Crippen molar-refractivity contribution in [3.8, 4) is 0 Å². The molecule has 0 bridgehead atoms. The van der Waals surface area contributed by atoms with E-state index < -0.39 is 11.4 Å². The second-order valence-corrected chi connectivity index (χ2v) is 6.19. The summed E-state index contributed by atoms with van der Waals surface area (Å²) in [4.78, 5) is 18.2. The van der Waals surface area contributed by atoms with Crippen LogP contribution in [0.3, 0.4) is 0 Å². The fourth-order valence-electron chi connectivity index (χ4n) is 3.00. The molecule has 1 aromatic carbocycles. The van der Waals surface area contributed by atoms with Crippen molar-refractivity contribution in [3.05, 3.63) is 81.4 Å². The Kier molecular flexibility index (Phi) is 4.27. The van der Waals surface area contributed by atoms with Gasteiger partial charge in [0.25, 0.3) is 5.56 Å². The van der Waals surface area contributed by atoms with E-state index in [4.69, 9.17) is 4.52 Å². The van der Waals surface area contributed by atoms with E-state index in [9.17, 15) is 13.6 Å². The Balaban J connectivity index is 1.71. The lowest BCUT2D eigenvalue weighted by molar-refractivity contribution is 0.211. The highest BCUT2D eigenvalue weighted by atomic mass is 19.1. The number of aryl methyl sites for hydroxylation is 1. The van der Waals surface area contributed by atoms with Crippen LogP contribution in [0.25, 0.3) is 0 Å². The van der Waals surface area contributed by atoms with Crippen LogP contribution in [0.1, 0.15) is 35.2 Å². The molecule has 2 aromatic heterocycles. The number of benzene rings is 1. The largest absolute Gasteiger partial charge is 0.364 e. The monoisotopic (exact) mass is 371 g/mol. The molecular weight excluding hydrogens is 356 g/mol. The number of halogens is 2. The van der Waals surface area contributed by atoms with Crippen molar-refractivity contribution in [2.45, 2.75) is 25.9 Å². The molecule has 0 aliphatic carbocycles. The van der Waals surface area contributed by atoms with Crippen LogP contribution in [0.2, 0.25) is 0 Å². The first-order chi connectivity index (χ1) is 13.0. The molecule has 1 aliphatic heterocycles. The minimum atomic E-state index is -0.923. The molecule has 7 nitrogen and oxygen atoms in total. The van der Waals surface area contributed by atoms with Gasteiger partial charge in [-0.15, -0.1) is 0 Å². The molecule has 0 saturated carbocycles. The number of hydrogen-bond donors (Lipinski definition) is 1. The van der Waals surface area contributed by atoms with Crippen LogP contribution in [-0.4, -0.2) is 25.8 Å². The summed E-state index contributed by atoms with van der Waals surface area (Å²) in [7, 11) is 0. The van der Waals surface area contributed by atoms with Crippen molar-refractivity contribution >= 4 is 5.71 Å². The third-order valence-electron chi connectivity index (χ3n) is 4.39. The number of hydrazone groups is 1. The van der Waals surface area contributed by atoms with E-state index in [1.54, 1.807) is 29.3 Å². The Hall–Kier alpha value is -3.36. The summed E-state index contributed by atoms with van der Waals surface area (Å²) in [6, 6.07) is 7.78. The van der Waals surface area contributed by atoms with Gasteiger partial charge in [-0.2, -0.15) is 9.49 Å². The fourth-order valence-corrected chi connectivity index (χ4v) is 3.00. The van der Waals surface area contributed by atoms with Gasteiger partial charge >= 0.3 is 0 Å². The van der Waals surface area contributed by atoms with Gasteiger partial charge in [-0.05, 0) is 13.0 Å². The van der Waals surface area contributed by atoms with E-state index in [-0.39, 0.29) is 29.9 Å². The molecule has 1 unspecified atom stereocenters. The lowest BCUT2D eigenvalue weighted by Gasteiger charge is -2.21. The maximum atomic E-state index is 14.1. The first kappa shape index (κ1) is 17.1. The van der Waals surface area contributed by atoms with Gasteiger partial charge in [0, 0.05) is 18.1 Å². The van der Waals surface area contributed by atoms with Gasteiger partial charge in [-0.1, -0.05) is 23.4 Å². The predicted octanol–water partition coefficient (Wildman–Crippen LogP) is 2.70. The van der Waals surface area contributed by atoms with Gasteiger partial charge in [-0.3, -0.25) is 9.80 Å². The highest BCUT2D eigenvalue weighted by Crippen LogP contribution is 2.32. The normalized spacial score (nSPS) is 16.6. The van der Waals surface area contributed by atoms with Crippen LogP contribution < -0.4 is 5.56 Å². The summed E-state index contributed by atoms with van der Waals surface area (Å²) < 4.78 is 32.6. The molecule has 138 valence electrons. The number of nitrogens with zero attached hydrogens (tertiary/aromatic N) is 4. The maximum Gasteiger partial charge on any atom is 0.287 e. The van der Waals surface area contributed by atoms with Gasteiger partial charge in [0.2, 0.25) is 5.82 Å². The van der Waals surface area contributed by atoms with Crippen LogP contribution in [0.15, 0.2) is 51.0 Å². The smallest absolute Gasteiger partial charge is 0.287 e. The molecule has 3 aromatic rings. The molecule has 1 aliphatic rings. The highest BCUT2D eigenvalue weighted by molar-refractivity contribution is 5.98. The third kappa shape index (κ3) is 3.23. The van der Waals surface area contributed by atoms with Crippen molar-refractivity contribution in [2.24, 2.45) is 5.10 Å². The van der Waals surface area contributed by atoms with Gasteiger partial charge in [-0.25, -0.2) is 9.37 Å². The molecule has 0 saturated heterocycles. The van der Waals surface area contributed by atoms with E-state index in [0.29, 0.717) is 23.4 Å². The Morgan fingerprint density at radius 3 is 2.81 bits per heavy atom. The number of aromatic nitrogens is 3. The first-order valence-corrected chi connectivity index (χ1v) is 8.27. The van der Waals surface area contributed by atoms with Crippen LogP contribution in [0, 0.1) is 18.6 Å². The molecule has 1 N–H and O–H groups in total. The van der Waals surface area contributed by atoms with Crippen LogP contribution in [-0.2, 0) is 6.54 Å². The Labute approximate surface area is 152 Å². The van der Waals surface area contributed by atoms with Crippen molar-refractivity contribution in [1.29, 1.82) is 0 Å². The highest BCUT2D eigenvalue weighted by Gasteiger charge is 2.32. The average Bonchev–Trinajstić information content (AvgIpc) is 3.31. The summed E-state index contributed by atoms with van der Waals surface area (Å²) in [6.45, 7) is 1.61. The minimum absolute atomic E-state index is 0.0120. The van der Waals surface area contributed by atoms with E-state index >= 15 is 0 Å². The number of rotatable bonds is 4. The Bertz CT molecular complexity index is 1060. The van der Waals surface area contributed by atoms with Crippen molar-refractivity contribution in [2.75, 3.05) is 0 Å². The minimum Gasteiger partial charge on any atom is -0.364 e. The molecule has 3 heterocycles. The Morgan fingerprint density at radius 1 is 1.30 bits per heavy atom. The quantitative estimate of drug-likeness (QED) is 0.762. The number of aromatic amines is 1. The molecule has 4 rings (SSSR count). The molecular formula is C18H15F2N5O2. The zero-order chi connectivity index (χ0) is 19.0. The zero-order valence-corrected chi connectivity index (χ0v) is 14.3. The van der Waals surface area contributed by atoms with E-state index in [0.717, 1.165) is 0 Å². The van der Waals surface area contributed by atoms with E-state index in [1.165, 1.54) is 19.3 Å². The van der Waals surface area contributed by atoms with Crippen LogP contribution >= 0.6 is 0 Å². The lowest BCUT2D eigenvalue weighted by Crippen LogP contribution is -2.20. The molecule has 0 amide bonds. The number of nitrogens with one attached hydrogen (secondary N) is 1. The SMILES string of the molecule is Cc1nc(C2=NN(Cc3ccccc3F)C(c3ccon3)C2)[nH]c(=O)c1F. The second kappa shape index (κ2) is 6.75. The number of hydrogen-bond acceptors (Lipinski definition) is 6. The summed E-state index contributed by atoms with van der Waals surface area (Å²) in [5, 5.41) is 10.1. The third-order valence-corrected chi connectivity index (χ3v) is 4.39. The molecule has 1 atom stereocenters. The topological polar surface area (TPSA) is 87.4 Å². The summed E-state index contributed by atoms with van der Waals surface area (Å²) >= 11 is 0. The van der Waals surface area contributed by atoms with E-state index in [1.807, 2.05) is 0 Å². The molecule has 0 fully saturated rings. The summed E-state index contributed by atoms with van der Waals surface area (Å²) in [5.74, 6) is -1.08. The second-order valence-electron chi connectivity index (χ2n) is 6.19. The predicted molar refractivity (Wildman–Crippen MR) is 91.9 cm³/mol. The zero-order valence-electron chi connectivity index (χ0n) is 14.3. The van der Waals surface area contributed by atoms with Crippen LogP contribution in [0.4, 0.5) is 8.78 Å². The standard InChI is InChI=1S/C18H15F2N5O2/c1-10-16(20)18(26)22-17(21-10)14-8-15(13-6-7-27-24-13)25(23-14)9-11-4-2-3-5-12(11)19/h2-7,15H,8-9H2,1H3,(H,21,22,26). The van der Waals surface area contributed by atoms with E-state index in [2.05, 4.69) is 20.2 Å². The van der Waals surface area contributed by atoms with Gasteiger partial charge in [0.15, 0.2) is 5.82 Å². The van der Waals surface area contributed by atoms with Crippen molar-refractivity contribution in [3.63, 3.8) is 0 Å². The van der Waals surface area contributed by atoms with Gasteiger partial charge in [0.05, 0.1) is 18.3 Å². The first-order valence-electron chi connectivity index (χ1n) is 8.27. The van der Waals surface area contributed by atoms with Crippen molar-refractivity contribution < 1.29 is 13.3 Å². The summed E-state index contributed by atoms with van der Waals surface area (Å²) in [5.41, 5.74) is 0.672. The summed E-state index contributed by atoms with van der Waals surface area (Å²) in [6.07, 6.45) is 1.80. The lowest BCUT2D eigenvalue weighted by atomic mass is 10.1. The Morgan fingerprint density at radius 2 is 2.11 bits per heavy atom. The molecule has 0 radical (unpaired) electrons. The van der Waals surface area contributed by atoms with Crippen molar-refractivity contribution in [1.82, 2.24) is 20.1 Å². The van der Waals surface area contributed by atoms with Gasteiger partial charge in [0.1, 0.15) is 23.5 Å². The van der Waals surface area contributed by atoms with Crippen LogP contribution in [0.5, 0.6) is 0 Å². The molecule has 0 spiro atoms. The van der Waals surface area contributed by atoms with Gasteiger partial charge < -0.3 is 9.51 Å². The maximum absolute atomic E-state index is 14.1.